The zero-order valence-electron chi connectivity index (χ0n) is 11.9. The molecular weight excluding hydrogens is 298 g/mol. The lowest BCUT2D eigenvalue weighted by atomic mass is 10.4. The number of carboxylic acids is 1. The second kappa shape index (κ2) is 7.23. The Balaban J connectivity index is 2.83. The molecule has 1 rings (SSSR count). The van der Waals surface area contributed by atoms with Crippen LogP contribution in [0.25, 0.3) is 0 Å². The Bertz CT molecular complexity index is 621. The molecule has 1 heterocycles. The predicted molar refractivity (Wildman–Crippen MR) is 75.6 cm³/mol. The average molecular weight is 317 g/mol. The van der Waals surface area contributed by atoms with Crippen molar-refractivity contribution >= 4 is 21.9 Å². The van der Waals surface area contributed by atoms with Crippen molar-refractivity contribution in [2.75, 3.05) is 13.1 Å². The third-order valence-corrected chi connectivity index (χ3v) is 4.10. The van der Waals surface area contributed by atoms with Gasteiger partial charge in [-0.2, -0.15) is 0 Å². The normalized spacial score (nSPS) is 11.3. The minimum Gasteiger partial charge on any atom is -0.477 e. The number of aromatic carboxylic acids is 1. The van der Waals surface area contributed by atoms with Gasteiger partial charge in [0, 0.05) is 19.3 Å². The number of hydrogen-bond donors (Lipinski definition) is 3. The molecular formula is C12H19N3O5S. The van der Waals surface area contributed by atoms with Crippen LogP contribution < -0.4 is 10.0 Å². The van der Waals surface area contributed by atoms with E-state index < -0.39 is 21.9 Å². The molecule has 1 aromatic rings. The number of rotatable bonds is 8. The van der Waals surface area contributed by atoms with Crippen LogP contribution >= 0.6 is 0 Å². The second-order valence-electron chi connectivity index (χ2n) is 4.33. The lowest BCUT2D eigenvalue weighted by Gasteiger charge is -2.05. The summed E-state index contributed by atoms with van der Waals surface area (Å²) in [4.78, 5) is 22.2. The van der Waals surface area contributed by atoms with Crippen LogP contribution in [0.1, 0.15) is 30.8 Å². The fourth-order valence-corrected chi connectivity index (χ4v) is 2.66. The summed E-state index contributed by atoms with van der Waals surface area (Å²) in [7, 11) is -3.92. The van der Waals surface area contributed by atoms with Crippen LogP contribution in [0.2, 0.25) is 0 Å². The van der Waals surface area contributed by atoms with E-state index in [2.05, 4.69) is 10.0 Å². The maximum Gasteiger partial charge on any atom is 0.352 e. The van der Waals surface area contributed by atoms with Gasteiger partial charge in [0.15, 0.2) is 0 Å². The Morgan fingerprint density at radius 2 is 2.00 bits per heavy atom. The van der Waals surface area contributed by atoms with E-state index in [0.29, 0.717) is 13.1 Å². The first-order valence-corrected chi connectivity index (χ1v) is 8.00. The minimum atomic E-state index is -3.92. The predicted octanol–water partition coefficient (Wildman–Crippen LogP) is 0.0107. The van der Waals surface area contributed by atoms with Gasteiger partial charge in [-0.25, -0.2) is 17.9 Å². The van der Waals surface area contributed by atoms with Crippen molar-refractivity contribution in [3.05, 3.63) is 18.0 Å². The molecule has 8 nitrogen and oxygen atoms in total. The Kier molecular flexibility index (Phi) is 5.91. The number of carboxylic acid groups (broad SMARTS) is 1. The smallest absolute Gasteiger partial charge is 0.352 e. The third-order valence-electron chi connectivity index (χ3n) is 2.74. The summed E-state index contributed by atoms with van der Waals surface area (Å²) < 4.78 is 27.5. The summed E-state index contributed by atoms with van der Waals surface area (Å²) in [5.41, 5.74) is -0.117. The lowest BCUT2D eigenvalue weighted by molar-refractivity contribution is -0.119. The first-order chi connectivity index (χ1) is 9.81. The lowest BCUT2D eigenvalue weighted by Crippen LogP contribution is -2.37. The highest BCUT2D eigenvalue weighted by molar-refractivity contribution is 7.89. The maximum absolute atomic E-state index is 12.0. The van der Waals surface area contributed by atoms with Gasteiger partial charge >= 0.3 is 5.97 Å². The molecule has 0 atom stereocenters. The van der Waals surface area contributed by atoms with E-state index in [9.17, 15) is 18.0 Å². The Hall–Kier alpha value is -1.87. The number of nitrogens with one attached hydrogen (secondary N) is 2. The van der Waals surface area contributed by atoms with Crippen LogP contribution in [0.3, 0.4) is 0 Å². The highest BCUT2D eigenvalue weighted by Gasteiger charge is 2.21. The molecule has 0 aliphatic rings. The molecule has 0 spiro atoms. The highest BCUT2D eigenvalue weighted by atomic mass is 32.2. The molecule has 0 bridgehead atoms. The largest absolute Gasteiger partial charge is 0.477 e. The molecule has 0 fully saturated rings. The highest BCUT2D eigenvalue weighted by Crippen LogP contribution is 2.14. The number of aryl methyl sites for hydroxylation is 1. The molecule has 0 unspecified atom stereocenters. The van der Waals surface area contributed by atoms with Crippen molar-refractivity contribution in [1.29, 1.82) is 0 Å². The van der Waals surface area contributed by atoms with E-state index >= 15 is 0 Å². The van der Waals surface area contributed by atoms with Gasteiger partial charge in [-0.15, -0.1) is 0 Å². The molecule has 0 saturated heterocycles. The molecule has 9 heteroatoms. The summed E-state index contributed by atoms with van der Waals surface area (Å²) in [6.45, 7) is 3.99. The van der Waals surface area contributed by atoms with Crippen molar-refractivity contribution in [3.63, 3.8) is 0 Å². The molecule has 3 N–H and O–H groups in total. The maximum atomic E-state index is 12.0. The monoisotopic (exact) mass is 317 g/mol. The van der Waals surface area contributed by atoms with Crippen molar-refractivity contribution in [3.8, 4) is 0 Å². The molecule has 1 aromatic heterocycles. The van der Waals surface area contributed by atoms with Crippen molar-refractivity contribution < 1.29 is 23.1 Å². The zero-order chi connectivity index (χ0) is 16.0. The number of carbonyl (C=O) groups is 2. The molecule has 118 valence electrons. The molecule has 0 aromatic carbocycles. The van der Waals surface area contributed by atoms with E-state index in [1.807, 2.05) is 6.92 Å². The van der Waals surface area contributed by atoms with E-state index in [1.54, 1.807) is 6.92 Å². The standard InChI is InChI=1S/C12H19N3O5S/c1-3-5-13-11(16)7-14-21(19,20)9-6-10(12(17)18)15(4-2)8-9/h6,8,14H,3-5,7H2,1-2H3,(H,13,16)(H,17,18). The van der Waals surface area contributed by atoms with Crippen molar-refractivity contribution in [2.24, 2.45) is 0 Å². The van der Waals surface area contributed by atoms with E-state index in [4.69, 9.17) is 5.11 Å². The van der Waals surface area contributed by atoms with Gasteiger partial charge < -0.3 is 15.0 Å². The molecule has 1 amide bonds. The molecule has 0 radical (unpaired) electrons. The second-order valence-corrected chi connectivity index (χ2v) is 6.09. The SMILES string of the molecule is CCCNC(=O)CNS(=O)(=O)c1cc(C(=O)O)n(CC)c1. The van der Waals surface area contributed by atoms with Gasteiger partial charge in [0.05, 0.1) is 6.54 Å². The van der Waals surface area contributed by atoms with E-state index in [-0.39, 0.29) is 17.1 Å². The Morgan fingerprint density at radius 3 is 2.48 bits per heavy atom. The molecule has 0 aliphatic heterocycles. The third kappa shape index (κ3) is 4.57. The number of aromatic nitrogens is 1. The summed E-state index contributed by atoms with van der Waals surface area (Å²) >= 11 is 0. The number of amides is 1. The van der Waals surface area contributed by atoms with Gasteiger partial charge in [0.1, 0.15) is 10.6 Å². The summed E-state index contributed by atoms with van der Waals surface area (Å²) in [6, 6.07) is 1.07. The molecule has 21 heavy (non-hydrogen) atoms. The van der Waals surface area contributed by atoms with E-state index in [0.717, 1.165) is 12.5 Å². The first-order valence-electron chi connectivity index (χ1n) is 6.51. The minimum absolute atomic E-state index is 0.117. The number of hydrogen-bond acceptors (Lipinski definition) is 4. The zero-order valence-corrected chi connectivity index (χ0v) is 12.7. The van der Waals surface area contributed by atoms with Crippen molar-refractivity contribution in [2.45, 2.75) is 31.7 Å². The van der Waals surface area contributed by atoms with Gasteiger partial charge in [-0.05, 0) is 19.4 Å². The Morgan fingerprint density at radius 1 is 1.33 bits per heavy atom. The molecule has 0 aliphatic carbocycles. The fourth-order valence-electron chi connectivity index (χ4n) is 1.64. The number of nitrogens with zero attached hydrogens (tertiary/aromatic N) is 1. The number of carbonyl (C=O) groups excluding carboxylic acids is 1. The average Bonchev–Trinajstić information content (AvgIpc) is 2.88. The van der Waals surface area contributed by atoms with E-state index in [1.165, 1.54) is 10.8 Å². The summed E-state index contributed by atoms with van der Waals surface area (Å²) in [5, 5.41) is 11.5. The van der Waals surface area contributed by atoms with Crippen LogP contribution in [-0.4, -0.2) is 43.1 Å². The van der Waals surface area contributed by atoms with Crippen LogP contribution in [0.5, 0.6) is 0 Å². The first kappa shape index (κ1) is 17.2. The van der Waals surface area contributed by atoms with Crippen molar-refractivity contribution in [1.82, 2.24) is 14.6 Å². The fraction of sp³-hybridized carbons (Fsp3) is 0.500. The summed E-state index contributed by atoms with van der Waals surface area (Å²) in [5.74, 6) is -1.65. The van der Waals surface area contributed by atoms with Crippen LogP contribution in [0.4, 0.5) is 0 Å². The van der Waals surface area contributed by atoms with Crippen LogP contribution in [0, 0.1) is 0 Å². The van der Waals surface area contributed by atoms with Gasteiger partial charge in [-0.3, -0.25) is 4.79 Å². The quantitative estimate of drug-likeness (QED) is 0.624. The van der Waals surface area contributed by atoms with Gasteiger partial charge in [-0.1, -0.05) is 6.92 Å². The Labute approximate surface area is 123 Å². The number of sulfonamides is 1. The summed E-state index contributed by atoms with van der Waals surface area (Å²) in [6.07, 6.45) is 1.98. The molecule has 0 saturated carbocycles. The van der Waals surface area contributed by atoms with Crippen LogP contribution in [0.15, 0.2) is 17.2 Å². The van der Waals surface area contributed by atoms with Gasteiger partial charge in [0.25, 0.3) is 0 Å². The topological polar surface area (TPSA) is 118 Å². The van der Waals surface area contributed by atoms with Crippen LogP contribution in [-0.2, 0) is 21.4 Å². The van der Waals surface area contributed by atoms with Gasteiger partial charge in [0.2, 0.25) is 15.9 Å².